The first-order chi connectivity index (χ1) is 10.3. The van der Waals surface area contributed by atoms with E-state index >= 15 is 0 Å². The van der Waals surface area contributed by atoms with Crippen LogP contribution in [-0.4, -0.2) is 40.1 Å². The van der Waals surface area contributed by atoms with E-state index in [1.807, 2.05) is 0 Å². The molecule has 120 valence electrons. The van der Waals surface area contributed by atoms with Crippen molar-refractivity contribution in [3.8, 4) is 5.75 Å². The Morgan fingerprint density at radius 3 is 2.59 bits per heavy atom. The van der Waals surface area contributed by atoms with Gasteiger partial charge >= 0.3 is 5.97 Å². The predicted molar refractivity (Wildman–Crippen MR) is 75.8 cm³/mol. The zero-order valence-electron chi connectivity index (χ0n) is 11.9. The van der Waals surface area contributed by atoms with Gasteiger partial charge in [0.2, 0.25) is 10.0 Å². The van der Waals surface area contributed by atoms with Crippen LogP contribution in [0.5, 0.6) is 5.75 Å². The summed E-state index contributed by atoms with van der Waals surface area (Å²) >= 11 is 0. The quantitative estimate of drug-likeness (QED) is 0.667. The number of carbonyl (C=O) groups is 2. The molecule has 22 heavy (non-hydrogen) atoms. The van der Waals surface area contributed by atoms with Gasteiger partial charge in [0.25, 0.3) is 5.91 Å². The van der Waals surface area contributed by atoms with E-state index < -0.39 is 28.5 Å². The molecule has 1 saturated carbocycles. The number of hydrogen-bond donors (Lipinski definition) is 2. The first-order valence-corrected chi connectivity index (χ1v) is 7.97. The van der Waals surface area contributed by atoms with E-state index in [9.17, 15) is 18.0 Å². The smallest absolute Gasteiger partial charge is 0.338 e. The zero-order chi connectivity index (χ0) is 16.3. The monoisotopic (exact) mass is 328 g/mol. The Morgan fingerprint density at radius 1 is 1.36 bits per heavy atom. The molecule has 0 saturated heterocycles. The number of rotatable bonds is 7. The highest BCUT2D eigenvalue weighted by atomic mass is 32.2. The van der Waals surface area contributed by atoms with Crippen LogP contribution in [-0.2, 0) is 19.6 Å². The third kappa shape index (κ3) is 3.95. The van der Waals surface area contributed by atoms with E-state index in [0.717, 1.165) is 18.9 Å². The number of nitrogens with two attached hydrogens (primary N) is 1. The highest BCUT2D eigenvalue weighted by Crippen LogP contribution is 2.28. The Morgan fingerprint density at radius 2 is 2.05 bits per heavy atom. The minimum absolute atomic E-state index is 0.0155. The Bertz CT molecular complexity index is 696. The molecule has 8 nitrogen and oxygen atoms in total. The van der Waals surface area contributed by atoms with Gasteiger partial charge < -0.3 is 15.2 Å². The summed E-state index contributed by atoms with van der Waals surface area (Å²) in [7, 11) is -2.47. The molecule has 0 atom stereocenters. The fourth-order valence-corrected chi connectivity index (χ4v) is 3.22. The van der Waals surface area contributed by atoms with Crippen LogP contribution in [0.3, 0.4) is 0 Å². The Labute approximate surface area is 127 Å². The van der Waals surface area contributed by atoms with Gasteiger partial charge in [-0.2, -0.15) is 0 Å². The molecule has 0 aliphatic heterocycles. The van der Waals surface area contributed by atoms with Crippen molar-refractivity contribution in [1.29, 1.82) is 0 Å². The summed E-state index contributed by atoms with van der Waals surface area (Å²) in [5, 5.41) is 0. The van der Waals surface area contributed by atoms with Gasteiger partial charge in [-0.05, 0) is 31.0 Å². The number of primary amides is 1. The predicted octanol–water partition coefficient (Wildman–Crippen LogP) is -0.222. The number of ether oxygens (including phenoxy) is 2. The molecule has 1 aromatic rings. The molecule has 9 heteroatoms. The Hall–Kier alpha value is -2.13. The highest BCUT2D eigenvalue weighted by Gasteiger charge is 2.30. The molecule has 0 unspecified atom stereocenters. The molecule has 0 spiro atoms. The van der Waals surface area contributed by atoms with E-state index in [1.165, 1.54) is 19.2 Å². The summed E-state index contributed by atoms with van der Waals surface area (Å²) < 4.78 is 36.8. The molecule has 1 amide bonds. The number of benzene rings is 1. The van der Waals surface area contributed by atoms with Crippen LogP contribution >= 0.6 is 0 Å². The Balaban J connectivity index is 2.29. The number of amides is 1. The maximum Gasteiger partial charge on any atom is 0.338 e. The van der Waals surface area contributed by atoms with Crippen LogP contribution in [0.25, 0.3) is 0 Å². The summed E-state index contributed by atoms with van der Waals surface area (Å²) in [5.74, 6) is -1.53. The average molecular weight is 328 g/mol. The lowest BCUT2D eigenvalue weighted by Crippen LogP contribution is -2.26. The third-order valence-electron chi connectivity index (χ3n) is 2.93. The lowest BCUT2D eigenvalue weighted by Gasteiger charge is -2.11. The molecule has 1 aliphatic rings. The lowest BCUT2D eigenvalue weighted by molar-refractivity contribution is -0.121. The summed E-state index contributed by atoms with van der Waals surface area (Å²) in [6, 6.07) is 3.76. The van der Waals surface area contributed by atoms with Gasteiger partial charge in [-0.15, -0.1) is 0 Å². The number of esters is 1. The summed E-state index contributed by atoms with van der Waals surface area (Å²) in [6.45, 7) is -0.576. The fourth-order valence-electron chi connectivity index (χ4n) is 1.72. The molecule has 1 aliphatic carbocycles. The van der Waals surface area contributed by atoms with Crippen LogP contribution in [0.15, 0.2) is 23.1 Å². The first-order valence-electron chi connectivity index (χ1n) is 6.49. The SMILES string of the molecule is COc1ccc(C(=O)OCC(N)=O)cc1S(=O)(=O)NC1CC1. The van der Waals surface area contributed by atoms with Crippen molar-refractivity contribution < 1.29 is 27.5 Å². The molecular formula is C13H16N2O6S. The van der Waals surface area contributed by atoms with Gasteiger partial charge in [0, 0.05) is 6.04 Å². The van der Waals surface area contributed by atoms with Gasteiger partial charge in [0.15, 0.2) is 6.61 Å². The average Bonchev–Trinajstić information content (AvgIpc) is 3.27. The largest absolute Gasteiger partial charge is 0.495 e. The van der Waals surface area contributed by atoms with Crippen molar-refractivity contribution in [3.05, 3.63) is 23.8 Å². The van der Waals surface area contributed by atoms with Crippen molar-refractivity contribution in [2.75, 3.05) is 13.7 Å². The Kier molecular flexibility index (Phi) is 4.67. The van der Waals surface area contributed by atoms with E-state index in [1.54, 1.807) is 0 Å². The third-order valence-corrected chi connectivity index (χ3v) is 4.48. The van der Waals surface area contributed by atoms with Crippen molar-refractivity contribution in [1.82, 2.24) is 4.72 Å². The topological polar surface area (TPSA) is 125 Å². The normalized spacial score (nSPS) is 14.4. The second kappa shape index (κ2) is 6.32. The van der Waals surface area contributed by atoms with Gasteiger partial charge in [-0.25, -0.2) is 17.9 Å². The molecule has 0 aromatic heterocycles. The van der Waals surface area contributed by atoms with Crippen molar-refractivity contribution in [2.45, 2.75) is 23.8 Å². The van der Waals surface area contributed by atoms with E-state index in [0.29, 0.717) is 0 Å². The second-order valence-corrected chi connectivity index (χ2v) is 6.49. The van der Waals surface area contributed by atoms with Crippen LogP contribution in [0, 0.1) is 0 Å². The maximum absolute atomic E-state index is 12.3. The summed E-state index contributed by atoms with van der Waals surface area (Å²) in [5.41, 5.74) is 4.87. The van der Waals surface area contributed by atoms with Gasteiger partial charge in [-0.1, -0.05) is 0 Å². The van der Waals surface area contributed by atoms with Crippen LogP contribution in [0.1, 0.15) is 23.2 Å². The minimum Gasteiger partial charge on any atom is -0.495 e. The molecule has 0 bridgehead atoms. The molecule has 1 fully saturated rings. The second-order valence-electron chi connectivity index (χ2n) is 4.80. The molecule has 2 rings (SSSR count). The summed E-state index contributed by atoms with van der Waals surface area (Å²) in [4.78, 5) is 22.2. The number of sulfonamides is 1. The van der Waals surface area contributed by atoms with Crippen molar-refractivity contribution >= 4 is 21.9 Å². The summed E-state index contributed by atoms with van der Waals surface area (Å²) in [6.07, 6.45) is 1.56. The van der Waals surface area contributed by atoms with Gasteiger partial charge in [0.1, 0.15) is 10.6 Å². The van der Waals surface area contributed by atoms with Crippen molar-refractivity contribution in [3.63, 3.8) is 0 Å². The molecule has 0 heterocycles. The standard InChI is InChI=1S/C13H16N2O6S/c1-20-10-5-2-8(13(17)21-7-12(14)16)6-11(10)22(18,19)15-9-3-4-9/h2,5-6,9,15H,3-4,7H2,1H3,(H2,14,16). The minimum atomic E-state index is -3.80. The number of carbonyl (C=O) groups excluding carboxylic acids is 2. The number of nitrogens with one attached hydrogen (secondary N) is 1. The van der Waals surface area contributed by atoms with Crippen LogP contribution < -0.4 is 15.2 Å². The molecule has 0 radical (unpaired) electrons. The van der Waals surface area contributed by atoms with E-state index in [2.05, 4.69) is 9.46 Å². The number of hydrogen-bond acceptors (Lipinski definition) is 6. The molecular weight excluding hydrogens is 312 g/mol. The van der Waals surface area contributed by atoms with E-state index in [-0.39, 0.29) is 22.3 Å². The number of methoxy groups -OCH3 is 1. The van der Waals surface area contributed by atoms with Gasteiger partial charge in [0.05, 0.1) is 12.7 Å². The fraction of sp³-hybridized carbons (Fsp3) is 0.385. The zero-order valence-corrected chi connectivity index (χ0v) is 12.7. The highest BCUT2D eigenvalue weighted by molar-refractivity contribution is 7.89. The molecule has 3 N–H and O–H groups in total. The van der Waals surface area contributed by atoms with Crippen LogP contribution in [0.2, 0.25) is 0 Å². The van der Waals surface area contributed by atoms with Crippen molar-refractivity contribution in [2.24, 2.45) is 5.73 Å². The van der Waals surface area contributed by atoms with E-state index in [4.69, 9.17) is 10.5 Å². The first kappa shape index (κ1) is 16.2. The molecule has 1 aromatic carbocycles. The van der Waals surface area contributed by atoms with Crippen LogP contribution in [0.4, 0.5) is 0 Å². The van der Waals surface area contributed by atoms with Gasteiger partial charge in [-0.3, -0.25) is 4.79 Å². The maximum atomic E-state index is 12.3. The lowest BCUT2D eigenvalue weighted by atomic mass is 10.2.